The van der Waals surface area contributed by atoms with Crippen LogP contribution < -0.4 is 0 Å². The zero-order valence-corrected chi connectivity index (χ0v) is 6.75. The van der Waals surface area contributed by atoms with Gasteiger partial charge < -0.3 is 5.11 Å². The van der Waals surface area contributed by atoms with E-state index in [0.717, 1.165) is 5.56 Å². The lowest BCUT2D eigenvalue weighted by atomic mass is 9.99. The van der Waals surface area contributed by atoms with Crippen molar-refractivity contribution < 1.29 is 6.48 Å². The molecule has 0 fully saturated rings. The Balaban J connectivity index is 2.82. The van der Waals surface area contributed by atoms with Crippen LogP contribution in [0, 0.1) is 0 Å². The molecular formula is C10H14O. The van der Waals surface area contributed by atoms with E-state index in [-0.39, 0.29) is 6.61 Å². The molecule has 1 rings (SSSR count). The summed E-state index contributed by atoms with van der Waals surface area (Å²) in [7, 11) is 0. The Morgan fingerprint density at radius 1 is 1.45 bits per heavy atom. The molecule has 1 aromatic rings. The molecule has 1 aromatic carbocycles. The van der Waals surface area contributed by atoms with Crippen LogP contribution in [0.1, 0.15) is 26.2 Å². The molecule has 0 radical (unpaired) electrons. The van der Waals surface area contributed by atoms with E-state index in [2.05, 4.69) is 0 Å². The summed E-state index contributed by atoms with van der Waals surface area (Å²) in [6.07, 6.45) is 0.483. The first-order valence-electron chi connectivity index (χ1n) is 4.33. The Morgan fingerprint density at radius 2 is 2.09 bits per heavy atom. The van der Waals surface area contributed by atoms with Gasteiger partial charge in [-0.05, 0) is 17.9 Å². The van der Waals surface area contributed by atoms with Crippen LogP contribution in [0.5, 0.6) is 0 Å². The minimum absolute atomic E-state index is 0.0644. The molecule has 1 nitrogen and oxygen atoms in total. The van der Waals surface area contributed by atoms with Crippen molar-refractivity contribution in [1.29, 1.82) is 0 Å². The molecule has 1 atom stereocenters. The fourth-order valence-corrected chi connectivity index (χ4v) is 1.03. The molecule has 11 heavy (non-hydrogen) atoms. The van der Waals surface area contributed by atoms with Gasteiger partial charge in [-0.15, -0.1) is 0 Å². The maximum atomic E-state index is 8.74. The predicted octanol–water partition coefficient (Wildman–Crippen LogP) is 2.17. The summed E-state index contributed by atoms with van der Waals surface area (Å²) in [5.74, 6) is -0.657. The van der Waals surface area contributed by atoms with E-state index in [9.17, 15) is 0 Å². The second-order valence-corrected chi connectivity index (χ2v) is 2.62. The van der Waals surface area contributed by atoms with Gasteiger partial charge >= 0.3 is 0 Å². The first-order chi connectivity index (χ1) is 5.67. The Labute approximate surface area is 69.1 Å². The number of aliphatic hydroxyl groups excluding tert-OH is 1. The number of hydrogen-bond acceptors (Lipinski definition) is 1. The fourth-order valence-electron chi connectivity index (χ4n) is 1.03. The van der Waals surface area contributed by atoms with E-state index in [1.807, 2.05) is 37.3 Å². The zero-order chi connectivity index (χ0) is 9.03. The molecule has 0 saturated carbocycles. The monoisotopic (exact) mass is 151 g/mol. The molecule has 0 amide bonds. The highest BCUT2D eigenvalue weighted by Gasteiger charge is 2.01. The van der Waals surface area contributed by atoms with Crippen LogP contribution in [0.15, 0.2) is 30.3 Å². The van der Waals surface area contributed by atoms with Crippen LogP contribution >= 0.6 is 0 Å². The number of rotatable bonds is 3. The van der Waals surface area contributed by atoms with Gasteiger partial charge in [0.2, 0.25) is 0 Å². The topological polar surface area (TPSA) is 20.2 Å². The molecule has 0 aliphatic rings. The molecule has 0 saturated heterocycles. The maximum Gasteiger partial charge on any atom is 0.0436 e. The van der Waals surface area contributed by atoms with Gasteiger partial charge in [-0.3, -0.25) is 0 Å². The van der Waals surface area contributed by atoms with Crippen LogP contribution in [0.2, 0.25) is 0 Å². The molecule has 0 spiro atoms. The summed E-state index contributed by atoms with van der Waals surface area (Å²) in [5.41, 5.74) is 0.957. The summed E-state index contributed by atoms with van der Waals surface area (Å²) < 4.78 is 7.91. The average Bonchev–Trinajstić information content (AvgIpc) is 2.06. The Hall–Kier alpha value is -0.820. The Bertz CT molecular complexity index is 231. The molecule has 1 heteroatoms. The highest BCUT2D eigenvalue weighted by molar-refractivity contribution is 5.18. The standard InChI is InChI=1S/C10H14O/c1-9(7-8-11)10-5-3-2-4-6-10/h2-6,9,11H,7-8H2,1H3/i9D. The highest BCUT2D eigenvalue weighted by atomic mass is 16.3. The van der Waals surface area contributed by atoms with Gasteiger partial charge in [-0.25, -0.2) is 0 Å². The van der Waals surface area contributed by atoms with Gasteiger partial charge in [-0.2, -0.15) is 0 Å². The van der Waals surface area contributed by atoms with Crippen molar-refractivity contribution in [3.8, 4) is 0 Å². The number of benzene rings is 1. The SMILES string of the molecule is [2H]C(C)(CCO)c1ccccc1. The Kier molecular flexibility index (Phi) is 2.58. The molecule has 0 aliphatic heterocycles. The fraction of sp³-hybridized carbons (Fsp3) is 0.400. The summed E-state index contributed by atoms with van der Waals surface area (Å²) in [5, 5.41) is 8.74. The zero-order valence-electron chi connectivity index (χ0n) is 7.75. The third-order valence-electron chi connectivity index (χ3n) is 1.75. The molecule has 0 aliphatic carbocycles. The van der Waals surface area contributed by atoms with Gasteiger partial charge in [0.1, 0.15) is 0 Å². The minimum atomic E-state index is -0.657. The van der Waals surface area contributed by atoms with Crippen LogP contribution in [0.25, 0.3) is 0 Å². The minimum Gasteiger partial charge on any atom is -0.396 e. The first kappa shape index (κ1) is 6.86. The van der Waals surface area contributed by atoms with Crippen LogP contribution in [0.4, 0.5) is 0 Å². The molecule has 1 unspecified atom stereocenters. The molecule has 0 heterocycles. The summed E-state index contributed by atoms with van der Waals surface area (Å²) in [6, 6.07) is 9.60. The smallest absolute Gasteiger partial charge is 0.0436 e. The molecule has 0 aromatic heterocycles. The van der Waals surface area contributed by atoms with Crippen molar-refractivity contribution in [2.24, 2.45) is 0 Å². The normalized spacial score (nSPS) is 17.1. The summed E-state index contributed by atoms with van der Waals surface area (Å²) in [4.78, 5) is 0. The third kappa shape index (κ3) is 2.35. The van der Waals surface area contributed by atoms with E-state index in [0.29, 0.717) is 6.42 Å². The number of hydrogen-bond donors (Lipinski definition) is 1. The van der Waals surface area contributed by atoms with Crippen molar-refractivity contribution in [3.63, 3.8) is 0 Å². The van der Waals surface area contributed by atoms with Crippen molar-refractivity contribution in [2.45, 2.75) is 19.2 Å². The first-order valence-corrected chi connectivity index (χ1v) is 3.83. The lowest BCUT2D eigenvalue weighted by Crippen LogP contribution is -1.95. The number of aliphatic hydroxyl groups is 1. The highest BCUT2D eigenvalue weighted by Crippen LogP contribution is 2.17. The quantitative estimate of drug-likeness (QED) is 0.702. The summed E-state index contributed by atoms with van der Waals surface area (Å²) >= 11 is 0. The lowest BCUT2D eigenvalue weighted by molar-refractivity contribution is 0.278. The Morgan fingerprint density at radius 3 is 2.64 bits per heavy atom. The predicted molar refractivity (Wildman–Crippen MR) is 46.6 cm³/mol. The maximum absolute atomic E-state index is 8.74. The van der Waals surface area contributed by atoms with Crippen LogP contribution in [-0.2, 0) is 0 Å². The van der Waals surface area contributed by atoms with Crippen LogP contribution in [0.3, 0.4) is 0 Å². The third-order valence-corrected chi connectivity index (χ3v) is 1.75. The second kappa shape index (κ2) is 4.14. The van der Waals surface area contributed by atoms with Gasteiger partial charge in [0.15, 0.2) is 0 Å². The molecule has 60 valence electrons. The van der Waals surface area contributed by atoms with E-state index in [1.165, 1.54) is 0 Å². The molecular weight excluding hydrogens is 136 g/mol. The van der Waals surface area contributed by atoms with E-state index >= 15 is 0 Å². The van der Waals surface area contributed by atoms with Crippen LogP contribution in [-0.4, -0.2) is 11.7 Å². The largest absolute Gasteiger partial charge is 0.396 e. The van der Waals surface area contributed by atoms with Gasteiger partial charge in [0.05, 0.1) is 0 Å². The summed E-state index contributed by atoms with van der Waals surface area (Å²) in [6.45, 7) is 1.88. The van der Waals surface area contributed by atoms with Gasteiger partial charge in [-0.1, -0.05) is 37.3 Å². The van der Waals surface area contributed by atoms with Crippen molar-refractivity contribution >= 4 is 0 Å². The second-order valence-electron chi connectivity index (χ2n) is 2.62. The van der Waals surface area contributed by atoms with Crippen molar-refractivity contribution in [2.75, 3.05) is 6.61 Å². The van der Waals surface area contributed by atoms with Crippen molar-refractivity contribution in [3.05, 3.63) is 35.9 Å². The average molecular weight is 151 g/mol. The molecule has 1 N–H and O–H groups in total. The molecule has 0 bridgehead atoms. The van der Waals surface area contributed by atoms with Gasteiger partial charge in [0, 0.05) is 7.98 Å². The lowest BCUT2D eigenvalue weighted by Gasteiger charge is -2.08. The van der Waals surface area contributed by atoms with E-state index < -0.39 is 5.89 Å². The van der Waals surface area contributed by atoms with Crippen molar-refractivity contribution in [1.82, 2.24) is 0 Å². The van der Waals surface area contributed by atoms with Gasteiger partial charge in [0.25, 0.3) is 0 Å². The van der Waals surface area contributed by atoms with E-state index in [4.69, 9.17) is 6.48 Å². The van der Waals surface area contributed by atoms with E-state index in [1.54, 1.807) is 0 Å².